The molecule has 0 amide bonds. The summed E-state index contributed by atoms with van der Waals surface area (Å²) in [7, 11) is 1.62. The smallest absolute Gasteiger partial charge is 0.324 e. The van der Waals surface area contributed by atoms with E-state index >= 15 is 0 Å². The summed E-state index contributed by atoms with van der Waals surface area (Å²) in [5.74, 6) is 0.983. The summed E-state index contributed by atoms with van der Waals surface area (Å²) in [5, 5.41) is 7.15. The van der Waals surface area contributed by atoms with Crippen LogP contribution in [-0.2, 0) is 13.0 Å². The van der Waals surface area contributed by atoms with Crippen molar-refractivity contribution < 1.29 is 18.0 Å². The molecule has 6 nitrogen and oxygen atoms in total. The van der Waals surface area contributed by atoms with Gasteiger partial charge in [0.05, 0.1) is 13.2 Å². The fraction of sp³-hybridized carbons (Fsp3) is 0.364. The summed E-state index contributed by atoms with van der Waals surface area (Å²) in [6.45, 7) is 1.34. The van der Waals surface area contributed by atoms with Gasteiger partial charge in [0, 0.05) is 19.5 Å². The predicted octanol–water partition coefficient (Wildman–Crippen LogP) is 3.51. The first-order valence-electron chi connectivity index (χ1n) is 9.94. The molecule has 158 valence electrons. The number of rotatable bonds is 7. The number of hydrogen-bond acceptors (Lipinski definition) is 6. The first kappa shape index (κ1) is 20.3. The lowest BCUT2D eigenvalue weighted by molar-refractivity contribution is 0.215. The molecule has 0 radical (unpaired) electrons. The molecule has 1 saturated heterocycles. The van der Waals surface area contributed by atoms with Gasteiger partial charge in [0.1, 0.15) is 17.7 Å². The Morgan fingerprint density at radius 2 is 1.87 bits per heavy atom. The van der Waals surface area contributed by atoms with Crippen molar-refractivity contribution in [2.75, 3.05) is 25.1 Å². The Kier molecular flexibility index (Phi) is 6.23. The van der Waals surface area contributed by atoms with E-state index in [9.17, 15) is 8.78 Å². The number of piperidine rings is 1. The molecule has 0 saturated carbocycles. The number of nitrogens with one attached hydrogen (secondary N) is 1. The van der Waals surface area contributed by atoms with Crippen LogP contribution in [-0.4, -0.2) is 42.6 Å². The van der Waals surface area contributed by atoms with E-state index in [0.717, 1.165) is 16.9 Å². The van der Waals surface area contributed by atoms with Crippen molar-refractivity contribution in [1.82, 2.24) is 15.5 Å². The molecule has 1 aliphatic heterocycles. The second-order valence-electron chi connectivity index (χ2n) is 7.35. The minimum Gasteiger partial charge on any atom is -0.497 e. The van der Waals surface area contributed by atoms with Crippen LogP contribution >= 0.6 is 0 Å². The van der Waals surface area contributed by atoms with Crippen LogP contribution in [0, 0.1) is 5.82 Å². The number of methoxy groups -OCH3 is 1. The van der Waals surface area contributed by atoms with Crippen LogP contribution in [0.2, 0.25) is 0 Å². The highest BCUT2D eigenvalue weighted by molar-refractivity contribution is 5.34. The largest absolute Gasteiger partial charge is 0.497 e. The molecular weight excluding hydrogens is 390 g/mol. The Bertz CT molecular complexity index is 947. The second kappa shape index (κ2) is 9.21. The maximum absolute atomic E-state index is 14.7. The van der Waals surface area contributed by atoms with E-state index in [1.54, 1.807) is 24.1 Å². The van der Waals surface area contributed by atoms with Gasteiger partial charge in [0.25, 0.3) is 0 Å². The monoisotopic (exact) mass is 414 g/mol. The Balaban J connectivity index is 1.55. The van der Waals surface area contributed by atoms with Crippen LogP contribution in [0.3, 0.4) is 0 Å². The normalized spacial score (nSPS) is 18.9. The number of benzene rings is 2. The third-order valence-corrected chi connectivity index (χ3v) is 5.26. The highest BCUT2D eigenvalue weighted by atomic mass is 19.1. The summed E-state index contributed by atoms with van der Waals surface area (Å²) in [6, 6.07) is 13.7. The zero-order valence-electron chi connectivity index (χ0n) is 16.7. The fourth-order valence-corrected chi connectivity index (χ4v) is 3.63. The molecule has 1 aliphatic rings. The molecule has 30 heavy (non-hydrogen) atoms. The SMILES string of the molecule is COc1ccc(Cc2noc(N(Cc3ccc(F)cc3)[C@@H]3CCNC[C@@H]3F)n2)cc1. The van der Waals surface area contributed by atoms with E-state index < -0.39 is 12.2 Å². The summed E-state index contributed by atoms with van der Waals surface area (Å²) in [4.78, 5) is 6.32. The maximum atomic E-state index is 14.7. The third kappa shape index (κ3) is 4.76. The number of alkyl halides is 1. The minimum atomic E-state index is -1.07. The van der Waals surface area contributed by atoms with Gasteiger partial charge in [0.15, 0.2) is 5.82 Å². The summed E-state index contributed by atoms with van der Waals surface area (Å²) >= 11 is 0. The quantitative estimate of drug-likeness (QED) is 0.638. The molecule has 2 atom stereocenters. The fourth-order valence-electron chi connectivity index (χ4n) is 3.63. The molecule has 0 bridgehead atoms. The van der Waals surface area contributed by atoms with Crippen LogP contribution in [0.5, 0.6) is 5.75 Å². The maximum Gasteiger partial charge on any atom is 0.324 e. The van der Waals surface area contributed by atoms with E-state index in [1.165, 1.54) is 12.1 Å². The molecule has 2 heterocycles. The van der Waals surface area contributed by atoms with E-state index in [-0.39, 0.29) is 18.4 Å². The summed E-state index contributed by atoms with van der Waals surface area (Å²) in [6.07, 6.45) is 0.0259. The van der Waals surface area contributed by atoms with Gasteiger partial charge in [-0.2, -0.15) is 4.98 Å². The summed E-state index contributed by atoms with van der Waals surface area (Å²) < 4.78 is 38.7. The first-order chi connectivity index (χ1) is 14.6. The highest BCUT2D eigenvalue weighted by Crippen LogP contribution is 2.25. The third-order valence-electron chi connectivity index (χ3n) is 5.26. The van der Waals surface area contributed by atoms with Crippen molar-refractivity contribution in [2.24, 2.45) is 0 Å². The average Bonchev–Trinajstić information content (AvgIpc) is 3.23. The van der Waals surface area contributed by atoms with Crippen molar-refractivity contribution in [1.29, 1.82) is 0 Å². The number of ether oxygens (including phenoxy) is 1. The topological polar surface area (TPSA) is 63.4 Å². The van der Waals surface area contributed by atoms with Crippen molar-refractivity contribution in [3.8, 4) is 5.75 Å². The van der Waals surface area contributed by atoms with Crippen LogP contribution < -0.4 is 15.0 Å². The van der Waals surface area contributed by atoms with E-state index in [2.05, 4.69) is 15.5 Å². The van der Waals surface area contributed by atoms with E-state index in [1.807, 2.05) is 24.3 Å². The van der Waals surface area contributed by atoms with Gasteiger partial charge in [-0.15, -0.1) is 0 Å². The van der Waals surface area contributed by atoms with Crippen LogP contribution in [0.4, 0.5) is 14.8 Å². The first-order valence-corrected chi connectivity index (χ1v) is 9.94. The van der Waals surface area contributed by atoms with Gasteiger partial charge in [-0.25, -0.2) is 8.78 Å². The van der Waals surface area contributed by atoms with Crippen LogP contribution in [0.15, 0.2) is 53.1 Å². The molecule has 1 N–H and O–H groups in total. The molecule has 2 aromatic carbocycles. The number of halogens is 2. The van der Waals surface area contributed by atoms with Gasteiger partial charge in [-0.1, -0.05) is 29.4 Å². The average molecular weight is 414 g/mol. The van der Waals surface area contributed by atoms with E-state index in [4.69, 9.17) is 9.26 Å². The zero-order chi connectivity index (χ0) is 20.9. The molecule has 0 aliphatic carbocycles. The predicted molar refractivity (Wildman–Crippen MR) is 109 cm³/mol. The minimum absolute atomic E-state index is 0.275. The van der Waals surface area contributed by atoms with Gasteiger partial charge in [0.2, 0.25) is 0 Å². The molecule has 8 heteroatoms. The molecule has 1 aromatic heterocycles. The van der Waals surface area contributed by atoms with Crippen LogP contribution in [0.1, 0.15) is 23.4 Å². The van der Waals surface area contributed by atoms with Gasteiger partial charge in [-0.3, -0.25) is 0 Å². The van der Waals surface area contributed by atoms with Gasteiger partial charge >= 0.3 is 6.01 Å². The van der Waals surface area contributed by atoms with Crippen molar-refractivity contribution in [3.05, 3.63) is 71.3 Å². The second-order valence-corrected chi connectivity index (χ2v) is 7.35. The number of aromatic nitrogens is 2. The lowest BCUT2D eigenvalue weighted by Gasteiger charge is -2.35. The molecular formula is C22H24F2N4O2. The molecule has 4 rings (SSSR count). The number of nitrogens with zero attached hydrogens (tertiary/aromatic N) is 3. The molecule has 0 spiro atoms. The van der Waals surface area contributed by atoms with Crippen molar-refractivity contribution in [2.45, 2.75) is 31.6 Å². The van der Waals surface area contributed by atoms with Crippen LogP contribution in [0.25, 0.3) is 0 Å². The Morgan fingerprint density at radius 1 is 1.13 bits per heavy atom. The zero-order valence-corrected chi connectivity index (χ0v) is 16.7. The van der Waals surface area contributed by atoms with Gasteiger partial charge in [-0.05, 0) is 48.4 Å². The molecule has 1 fully saturated rings. The Hall–Kier alpha value is -3.00. The molecule has 3 aromatic rings. The molecule has 0 unspecified atom stereocenters. The lowest BCUT2D eigenvalue weighted by Crippen LogP contribution is -2.51. The number of hydrogen-bond donors (Lipinski definition) is 1. The summed E-state index contributed by atoms with van der Waals surface area (Å²) in [5.41, 5.74) is 1.86. The Morgan fingerprint density at radius 3 is 2.57 bits per heavy atom. The highest BCUT2D eigenvalue weighted by Gasteiger charge is 2.33. The Labute approximate surface area is 173 Å². The lowest BCUT2D eigenvalue weighted by atomic mass is 10.0. The van der Waals surface area contributed by atoms with Crippen molar-refractivity contribution in [3.63, 3.8) is 0 Å². The van der Waals surface area contributed by atoms with Gasteiger partial charge < -0.3 is 19.5 Å². The number of anilines is 1. The van der Waals surface area contributed by atoms with Crippen molar-refractivity contribution >= 4 is 6.01 Å². The standard InChI is InChI=1S/C22H24F2N4O2/c1-29-18-8-4-15(5-9-18)12-21-26-22(30-27-21)28(20-10-11-25-13-19(20)24)14-16-2-6-17(23)7-3-16/h2-9,19-20,25H,10-14H2,1H3/t19-,20+/m0/s1. The van der Waals surface area contributed by atoms with E-state index in [0.29, 0.717) is 31.8 Å².